The van der Waals surface area contributed by atoms with Crippen molar-refractivity contribution in [1.29, 1.82) is 0 Å². The molecule has 0 spiro atoms. The van der Waals surface area contributed by atoms with Crippen molar-refractivity contribution in [2.45, 2.75) is 58.6 Å². The second kappa shape index (κ2) is 7.84. The number of nitrogens with one attached hydrogen (secondary N) is 2. The molecule has 1 fully saturated rings. The molecule has 0 bridgehead atoms. The highest BCUT2D eigenvalue weighted by atomic mass is 16.6. The van der Waals surface area contributed by atoms with Crippen LogP contribution in [0.5, 0.6) is 0 Å². The van der Waals surface area contributed by atoms with Gasteiger partial charge < -0.3 is 20.5 Å². The fraction of sp³-hybridized carbons (Fsp3) is 0.933. The first kappa shape index (κ1) is 17.2. The number of alkyl carbamates (subject to hydrolysis) is 1. The number of hydrogen-bond donors (Lipinski definition) is 3. The van der Waals surface area contributed by atoms with E-state index in [9.17, 15) is 9.90 Å². The topological polar surface area (TPSA) is 70.6 Å². The van der Waals surface area contributed by atoms with Crippen LogP contribution >= 0.6 is 0 Å². The summed E-state index contributed by atoms with van der Waals surface area (Å²) in [5.74, 6) is 0.998. The Balaban J connectivity index is 2.17. The lowest BCUT2D eigenvalue weighted by Gasteiger charge is -2.23. The summed E-state index contributed by atoms with van der Waals surface area (Å²) >= 11 is 0. The molecule has 0 aromatic rings. The maximum Gasteiger partial charge on any atom is 0.407 e. The van der Waals surface area contributed by atoms with Crippen LogP contribution in [0.15, 0.2) is 0 Å². The van der Waals surface area contributed by atoms with E-state index in [2.05, 4.69) is 10.6 Å². The summed E-state index contributed by atoms with van der Waals surface area (Å²) in [5.41, 5.74) is -0.459. The first-order valence-corrected chi connectivity index (χ1v) is 7.63. The highest BCUT2D eigenvalue weighted by molar-refractivity contribution is 5.67. The Bertz CT molecular complexity index is 302. The van der Waals surface area contributed by atoms with Crippen molar-refractivity contribution in [2.75, 3.05) is 19.7 Å². The van der Waals surface area contributed by atoms with Crippen molar-refractivity contribution in [3.05, 3.63) is 0 Å². The SMILES string of the molecule is CC(CNC(=O)OC(C)(C)C)NCC1CCCC1CO. The first-order valence-electron chi connectivity index (χ1n) is 7.63. The minimum absolute atomic E-state index is 0.197. The smallest absolute Gasteiger partial charge is 0.407 e. The van der Waals surface area contributed by atoms with Crippen LogP contribution in [0.1, 0.15) is 47.0 Å². The molecule has 1 aliphatic carbocycles. The molecule has 0 radical (unpaired) electrons. The average Bonchev–Trinajstić information content (AvgIpc) is 2.79. The molecular formula is C15H30N2O3. The molecule has 20 heavy (non-hydrogen) atoms. The van der Waals surface area contributed by atoms with Gasteiger partial charge in [0.25, 0.3) is 0 Å². The van der Waals surface area contributed by atoms with E-state index in [1.165, 1.54) is 12.8 Å². The molecule has 118 valence electrons. The zero-order valence-electron chi connectivity index (χ0n) is 13.2. The van der Waals surface area contributed by atoms with Gasteiger partial charge in [0, 0.05) is 19.2 Å². The zero-order valence-corrected chi connectivity index (χ0v) is 13.2. The summed E-state index contributed by atoms with van der Waals surface area (Å²) in [4.78, 5) is 11.5. The number of aliphatic hydroxyl groups is 1. The van der Waals surface area contributed by atoms with E-state index in [0.29, 0.717) is 18.4 Å². The van der Waals surface area contributed by atoms with Gasteiger partial charge >= 0.3 is 6.09 Å². The predicted molar refractivity (Wildman–Crippen MR) is 79.6 cm³/mol. The lowest BCUT2D eigenvalue weighted by Crippen LogP contribution is -2.43. The van der Waals surface area contributed by atoms with E-state index in [4.69, 9.17) is 4.74 Å². The van der Waals surface area contributed by atoms with E-state index in [0.717, 1.165) is 13.0 Å². The number of rotatable bonds is 6. The standard InChI is InChI=1S/C15H30N2O3/c1-11(8-17-14(19)20-15(2,3)4)16-9-12-6-5-7-13(12)10-18/h11-13,16,18H,5-10H2,1-4H3,(H,17,19). The lowest BCUT2D eigenvalue weighted by molar-refractivity contribution is 0.0523. The largest absolute Gasteiger partial charge is 0.444 e. The van der Waals surface area contributed by atoms with Crippen LogP contribution in [0.3, 0.4) is 0 Å². The fourth-order valence-corrected chi connectivity index (χ4v) is 2.60. The second-order valence-corrected chi connectivity index (χ2v) is 6.83. The van der Waals surface area contributed by atoms with E-state index in [1.807, 2.05) is 27.7 Å². The molecule has 0 heterocycles. The Kier molecular flexibility index (Phi) is 6.76. The van der Waals surface area contributed by atoms with E-state index < -0.39 is 5.60 Å². The Hall–Kier alpha value is -0.810. The van der Waals surface area contributed by atoms with E-state index in [1.54, 1.807) is 0 Å². The maximum absolute atomic E-state index is 11.5. The second-order valence-electron chi connectivity index (χ2n) is 6.83. The molecule has 3 unspecified atom stereocenters. The van der Waals surface area contributed by atoms with Crippen molar-refractivity contribution in [3.63, 3.8) is 0 Å². The molecule has 0 aromatic carbocycles. The molecule has 3 atom stereocenters. The van der Waals surface area contributed by atoms with Crippen molar-refractivity contribution >= 4 is 6.09 Å². The monoisotopic (exact) mass is 286 g/mol. The Morgan fingerprint density at radius 2 is 2.00 bits per heavy atom. The maximum atomic E-state index is 11.5. The third-order valence-electron chi connectivity index (χ3n) is 3.73. The summed E-state index contributed by atoms with van der Waals surface area (Å²) < 4.78 is 5.19. The van der Waals surface area contributed by atoms with E-state index >= 15 is 0 Å². The summed E-state index contributed by atoms with van der Waals surface area (Å²) in [6, 6.07) is 0.197. The Morgan fingerprint density at radius 3 is 2.60 bits per heavy atom. The van der Waals surface area contributed by atoms with Gasteiger partial charge in [-0.3, -0.25) is 0 Å². The minimum atomic E-state index is -0.459. The number of ether oxygens (including phenoxy) is 1. The third-order valence-corrected chi connectivity index (χ3v) is 3.73. The van der Waals surface area contributed by atoms with Gasteiger partial charge in [-0.25, -0.2) is 4.79 Å². The molecule has 0 aliphatic heterocycles. The van der Waals surface area contributed by atoms with Crippen molar-refractivity contribution in [3.8, 4) is 0 Å². The molecule has 1 amide bonds. The van der Waals surface area contributed by atoms with Crippen LogP contribution in [-0.2, 0) is 4.74 Å². The summed E-state index contributed by atoms with van der Waals surface area (Å²) in [6.07, 6.45) is 3.15. The zero-order chi connectivity index (χ0) is 15.2. The molecule has 1 saturated carbocycles. The number of carbonyl (C=O) groups is 1. The van der Waals surface area contributed by atoms with Gasteiger partial charge in [-0.1, -0.05) is 6.42 Å². The fourth-order valence-electron chi connectivity index (χ4n) is 2.60. The van der Waals surface area contributed by atoms with Gasteiger partial charge in [-0.05, 0) is 58.9 Å². The highest BCUT2D eigenvalue weighted by Gasteiger charge is 2.26. The van der Waals surface area contributed by atoms with Gasteiger partial charge in [0.2, 0.25) is 0 Å². The average molecular weight is 286 g/mol. The number of aliphatic hydroxyl groups excluding tert-OH is 1. The normalized spacial score (nSPS) is 24.4. The van der Waals surface area contributed by atoms with Gasteiger partial charge in [0.05, 0.1) is 0 Å². The molecular weight excluding hydrogens is 256 g/mol. The van der Waals surface area contributed by atoms with Crippen molar-refractivity contribution in [2.24, 2.45) is 11.8 Å². The Labute approximate surface area is 122 Å². The van der Waals surface area contributed by atoms with Gasteiger partial charge in [-0.15, -0.1) is 0 Å². The van der Waals surface area contributed by atoms with Crippen molar-refractivity contribution in [1.82, 2.24) is 10.6 Å². The van der Waals surface area contributed by atoms with Crippen LogP contribution in [0, 0.1) is 11.8 Å². The number of hydrogen-bond acceptors (Lipinski definition) is 4. The van der Waals surface area contributed by atoms with Crippen LogP contribution in [0.2, 0.25) is 0 Å². The van der Waals surface area contributed by atoms with E-state index in [-0.39, 0.29) is 18.7 Å². The van der Waals surface area contributed by atoms with Crippen LogP contribution in [0.4, 0.5) is 4.79 Å². The van der Waals surface area contributed by atoms with Crippen LogP contribution < -0.4 is 10.6 Å². The van der Waals surface area contributed by atoms with Crippen LogP contribution in [0.25, 0.3) is 0 Å². The predicted octanol–water partition coefficient (Wildman–Crippen LogP) is 1.90. The summed E-state index contributed by atoms with van der Waals surface area (Å²) in [6.45, 7) is 9.33. The molecule has 1 rings (SSSR count). The quantitative estimate of drug-likeness (QED) is 0.697. The highest BCUT2D eigenvalue weighted by Crippen LogP contribution is 2.30. The van der Waals surface area contributed by atoms with Gasteiger partial charge in [0.15, 0.2) is 0 Å². The molecule has 5 nitrogen and oxygen atoms in total. The number of amides is 1. The summed E-state index contributed by atoms with van der Waals surface area (Å²) in [5, 5.41) is 15.5. The third kappa shape index (κ3) is 6.57. The first-order chi connectivity index (χ1) is 9.31. The minimum Gasteiger partial charge on any atom is -0.444 e. The van der Waals surface area contributed by atoms with Gasteiger partial charge in [-0.2, -0.15) is 0 Å². The molecule has 3 N–H and O–H groups in total. The summed E-state index contributed by atoms with van der Waals surface area (Å²) in [7, 11) is 0. The van der Waals surface area contributed by atoms with Crippen LogP contribution in [-0.4, -0.2) is 42.5 Å². The Morgan fingerprint density at radius 1 is 1.35 bits per heavy atom. The molecule has 0 aromatic heterocycles. The molecule has 5 heteroatoms. The van der Waals surface area contributed by atoms with Gasteiger partial charge in [0.1, 0.15) is 5.60 Å². The number of carbonyl (C=O) groups excluding carboxylic acids is 1. The lowest BCUT2D eigenvalue weighted by atomic mass is 9.97. The van der Waals surface area contributed by atoms with Crippen molar-refractivity contribution < 1.29 is 14.6 Å². The molecule has 0 saturated heterocycles. The molecule has 1 aliphatic rings.